The van der Waals surface area contributed by atoms with E-state index in [0.717, 1.165) is 11.1 Å². The SMILES string of the molecule is C=C(C)CCc1c(O)c(CCC(=C)C)c2oc(-c3ccc(O)c(O)c3)cc(=O)c2c1O. The fourth-order valence-electron chi connectivity index (χ4n) is 3.45. The van der Waals surface area contributed by atoms with Crippen LogP contribution in [0.15, 0.2) is 57.8 Å². The molecule has 1 heterocycles. The number of fused-ring (bicyclic) bond motifs is 1. The molecule has 6 nitrogen and oxygen atoms in total. The molecular weight excluding hydrogens is 396 g/mol. The zero-order valence-electron chi connectivity index (χ0n) is 17.7. The Morgan fingerprint density at radius 3 is 2.06 bits per heavy atom. The zero-order valence-corrected chi connectivity index (χ0v) is 17.7. The maximum atomic E-state index is 13.0. The molecule has 1 aromatic heterocycles. The monoisotopic (exact) mass is 422 g/mol. The van der Waals surface area contributed by atoms with Crippen molar-refractivity contribution in [2.24, 2.45) is 0 Å². The Labute approximate surface area is 180 Å². The van der Waals surface area contributed by atoms with Crippen molar-refractivity contribution < 1.29 is 24.8 Å². The first-order chi connectivity index (χ1) is 14.6. The number of phenolic OH excluding ortho intramolecular Hbond substituents is 4. The zero-order chi connectivity index (χ0) is 22.9. The van der Waals surface area contributed by atoms with E-state index in [0.29, 0.717) is 36.8 Å². The standard InChI is InChI=1S/C25H26O6/c1-13(2)5-8-16-23(29)17(9-6-14(3)4)25-22(24(16)30)20(28)12-21(31-25)15-7-10-18(26)19(27)11-15/h7,10-12,26-27,29-30H,1,3,5-6,8-9H2,2,4H3. The van der Waals surface area contributed by atoms with E-state index in [1.165, 1.54) is 24.3 Å². The lowest BCUT2D eigenvalue weighted by Gasteiger charge is -2.16. The molecule has 31 heavy (non-hydrogen) atoms. The van der Waals surface area contributed by atoms with Crippen LogP contribution in [0.5, 0.6) is 23.0 Å². The van der Waals surface area contributed by atoms with Crippen LogP contribution >= 0.6 is 0 Å². The fraction of sp³-hybridized carbons (Fsp3) is 0.240. The number of hydrogen-bond acceptors (Lipinski definition) is 6. The van der Waals surface area contributed by atoms with Gasteiger partial charge < -0.3 is 24.8 Å². The van der Waals surface area contributed by atoms with E-state index in [1.54, 1.807) is 0 Å². The third-order valence-corrected chi connectivity index (χ3v) is 5.18. The van der Waals surface area contributed by atoms with E-state index in [1.807, 2.05) is 13.8 Å². The van der Waals surface area contributed by atoms with Crippen molar-refractivity contribution in [2.45, 2.75) is 39.5 Å². The van der Waals surface area contributed by atoms with E-state index < -0.39 is 5.43 Å². The predicted molar refractivity (Wildman–Crippen MR) is 121 cm³/mol. The Morgan fingerprint density at radius 1 is 0.871 bits per heavy atom. The summed E-state index contributed by atoms with van der Waals surface area (Å²) in [7, 11) is 0. The molecule has 162 valence electrons. The fourth-order valence-corrected chi connectivity index (χ4v) is 3.45. The maximum Gasteiger partial charge on any atom is 0.197 e. The topological polar surface area (TPSA) is 111 Å². The van der Waals surface area contributed by atoms with Crippen LogP contribution in [0.3, 0.4) is 0 Å². The molecule has 4 N–H and O–H groups in total. The molecule has 6 heteroatoms. The van der Waals surface area contributed by atoms with Crippen LogP contribution in [0.2, 0.25) is 0 Å². The van der Waals surface area contributed by atoms with Gasteiger partial charge in [-0.2, -0.15) is 0 Å². The van der Waals surface area contributed by atoms with Crippen molar-refractivity contribution in [1.29, 1.82) is 0 Å². The highest BCUT2D eigenvalue weighted by atomic mass is 16.3. The minimum Gasteiger partial charge on any atom is -0.507 e. The molecular formula is C25H26O6. The van der Waals surface area contributed by atoms with Crippen molar-refractivity contribution >= 4 is 11.0 Å². The largest absolute Gasteiger partial charge is 0.507 e. The number of allylic oxidation sites excluding steroid dienone is 2. The van der Waals surface area contributed by atoms with E-state index in [2.05, 4.69) is 13.2 Å². The molecule has 0 aliphatic rings. The molecule has 0 bridgehead atoms. The number of phenols is 4. The minimum atomic E-state index is -0.477. The summed E-state index contributed by atoms with van der Waals surface area (Å²) in [6.07, 6.45) is 1.80. The molecule has 0 aliphatic heterocycles. The predicted octanol–water partition coefficient (Wildman–Crippen LogP) is 5.30. The van der Waals surface area contributed by atoms with Crippen LogP contribution in [0, 0.1) is 0 Å². The molecule has 0 radical (unpaired) electrons. The number of benzene rings is 2. The average Bonchev–Trinajstić information content (AvgIpc) is 2.68. The summed E-state index contributed by atoms with van der Waals surface area (Å²) < 4.78 is 5.97. The van der Waals surface area contributed by atoms with Crippen LogP contribution in [0.4, 0.5) is 0 Å². The first-order valence-corrected chi connectivity index (χ1v) is 9.94. The molecule has 3 rings (SSSR count). The molecule has 0 amide bonds. The van der Waals surface area contributed by atoms with Crippen molar-refractivity contribution in [3.05, 3.63) is 69.9 Å². The van der Waals surface area contributed by atoms with Gasteiger partial charge in [-0.1, -0.05) is 11.1 Å². The smallest absolute Gasteiger partial charge is 0.197 e. The van der Waals surface area contributed by atoms with Crippen LogP contribution < -0.4 is 5.43 Å². The van der Waals surface area contributed by atoms with Crippen molar-refractivity contribution in [1.82, 2.24) is 0 Å². The lowest BCUT2D eigenvalue weighted by Crippen LogP contribution is -2.06. The number of aromatic hydroxyl groups is 4. The number of aryl methyl sites for hydroxylation is 1. The van der Waals surface area contributed by atoms with E-state index in [-0.39, 0.29) is 45.3 Å². The highest BCUT2D eigenvalue weighted by Gasteiger charge is 2.23. The summed E-state index contributed by atoms with van der Waals surface area (Å²) in [6.45, 7) is 11.5. The Kier molecular flexibility index (Phi) is 6.11. The second-order valence-corrected chi connectivity index (χ2v) is 7.95. The summed E-state index contributed by atoms with van der Waals surface area (Å²) in [6, 6.07) is 5.27. The van der Waals surface area contributed by atoms with Gasteiger partial charge in [-0.3, -0.25) is 4.79 Å². The quantitative estimate of drug-likeness (QED) is 0.304. The lowest BCUT2D eigenvalue weighted by molar-refractivity contribution is 0.404. The van der Waals surface area contributed by atoms with E-state index in [9.17, 15) is 25.2 Å². The van der Waals surface area contributed by atoms with Gasteiger partial charge in [0.25, 0.3) is 0 Å². The van der Waals surface area contributed by atoms with Crippen LogP contribution in [-0.4, -0.2) is 20.4 Å². The van der Waals surface area contributed by atoms with Crippen molar-refractivity contribution in [2.75, 3.05) is 0 Å². The molecule has 0 aliphatic carbocycles. The summed E-state index contributed by atoms with van der Waals surface area (Å²) in [5.41, 5.74) is 2.46. The van der Waals surface area contributed by atoms with Gasteiger partial charge in [0.05, 0.1) is 0 Å². The Hall–Kier alpha value is -3.67. The summed E-state index contributed by atoms with van der Waals surface area (Å²) in [5, 5.41) is 41.2. The minimum absolute atomic E-state index is 0.00187. The van der Waals surface area contributed by atoms with Gasteiger partial charge in [0, 0.05) is 22.8 Å². The molecule has 0 spiro atoms. The summed E-state index contributed by atoms with van der Waals surface area (Å²) >= 11 is 0. The molecule has 3 aromatic rings. The second kappa shape index (κ2) is 8.60. The summed E-state index contributed by atoms with van der Waals surface area (Å²) in [5.74, 6) is -0.934. The highest BCUT2D eigenvalue weighted by molar-refractivity contribution is 5.91. The van der Waals surface area contributed by atoms with Gasteiger partial charge in [-0.25, -0.2) is 0 Å². The van der Waals surface area contributed by atoms with Crippen LogP contribution in [0.1, 0.15) is 37.8 Å². The van der Waals surface area contributed by atoms with Crippen molar-refractivity contribution in [3.63, 3.8) is 0 Å². The molecule has 0 fully saturated rings. The van der Waals surface area contributed by atoms with Gasteiger partial charge in [0.2, 0.25) is 0 Å². The first kappa shape index (κ1) is 22.0. The second-order valence-electron chi connectivity index (χ2n) is 7.95. The van der Waals surface area contributed by atoms with E-state index in [4.69, 9.17) is 4.42 Å². The Morgan fingerprint density at radius 2 is 1.48 bits per heavy atom. The maximum absolute atomic E-state index is 13.0. The normalized spacial score (nSPS) is 11.0. The van der Waals surface area contributed by atoms with Crippen molar-refractivity contribution in [3.8, 4) is 34.3 Å². The number of hydrogen-bond donors (Lipinski definition) is 4. The van der Waals surface area contributed by atoms with Crippen LogP contribution in [0.25, 0.3) is 22.3 Å². The molecule has 0 saturated heterocycles. The van der Waals surface area contributed by atoms with Gasteiger partial charge >= 0.3 is 0 Å². The van der Waals surface area contributed by atoms with E-state index >= 15 is 0 Å². The average molecular weight is 422 g/mol. The van der Waals surface area contributed by atoms with Gasteiger partial charge in [0.15, 0.2) is 16.9 Å². The Bertz CT molecular complexity index is 1250. The number of rotatable bonds is 7. The Balaban J connectivity index is 2.30. The highest BCUT2D eigenvalue weighted by Crippen LogP contribution is 2.42. The molecule has 0 saturated carbocycles. The van der Waals surface area contributed by atoms with Gasteiger partial charge in [-0.05, 0) is 57.7 Å². The molecule has 0 atom stereocenters. The third-order valence-electron chi connectivity index (χ3n) is 5.18. The summed E-state index contributed by atoms with van der Waals surface area (Å²) in [4.78, 5) is 13.0. The molecule has 2 aromatic carbocycles. The lowest BCUT2D eigenvalue weighted by atomic mass is 9.94. The molecule has 0 unspecified atom stereocenters. The first-order valence-electron chi connectivity index (χ1n) is 9.94. The van der Waals surface area contributed by atoms with Crippen LogP contribution in [-0.2, 0) is 12.8 Å². The third kappa shape index (κ3) is 4.43. The van der Waals surface area contributed by atoms with Gasteiger partial charge in [0.1, 0.15) is 28.2 Å². The van der Waals surface area contributed by atoms with Gasteiger partial charge in [-0.15, -0.1) is 13.2 Å².